The summed E-state index contributed by atoms with van der Waals surface area (Å²) in [5, 5.41) is 7.69. The number of aryl methyl sites for hydroxylation is 1. The van der Waals surface area contributed by atoms with Gasteiger partial charge >= 0.3 is 0 Å². The monoisotopic (exact) mass is 339 g/mol. The van der Waals surface area contributed by atoms with E-state index in [9.17, 15) is 4.39 Å². The highest BCUT2D eigenvalue weighted by Crippen LogP contribution is 2.26. The maximum absolute atomic E-state index is 14.3. The molecule has 20 heavy (non-hydrogen) atoms. The fraction of sp³-hybridized carbons (Fsp3) is 0.400. The lowest BCUT2D eigenvalue weighted by Crippen LogP contribution is -2.26. The predicted octanol–water partition coefficient (Wildman–Crippen LogP) is 3.89. The molecule has 0 fully saturated rings. The van der Waals surface area contributed by atoms with Gasteiger partial charge in [-0.25, -0.2) is 4.39 Å². The summed E-state index contributed by atoms with van der Waals surface area (Å²) in [5.74, 6) is -0.211. The molecule has 0 saturated carbocycles. The molecule has 1 heterocycles. The van der Waals surface area contributed by atoms with Crippen molar-refractivity contribution in [2.45, 2.75) is 32.9 Å². The summed E-state index contributed by atoms with van der Waals surface area (Å²) in [6.07, 6.45) is 2.76. The van der Waals surface area contributed by atoms with Gasteiger partial charge in [0.05, 0.1) is 11.7 Å². The van der Waals surface area contributed by atoms with Crippen molar-refractivity contribution in [3.05, 3.63) is 52.0 Å². The second kappa shape index (κ2) is 6.99. The van der Waals surface area contributed by atoms with Gasteiger partial charge in [-0.15, -0.1) is 0 Å². The Morgan fingerprint density at radius 3 is 2.80 bits per heavy atom. The van der Waals surface area contributed by atoms with Crippen molar-refractivity contribution in [2.75, 3.05) is 6.54 Å². The Morgan fingerprint density at radius 2 is 2.15 bits per heavy atom. The van der Waals surface area contributed by atoms with Gasteiger partial charge < -0.3 is 5.32 Å². The molecule has 1 N–H and O–H groups in total. The van der Waals surface area contributed by atoms with Crippen LogP contribution in [0.25, 0.3) is 0 Å². The van der Waals surface area contributed by atoms with Gasteiger partial charge in [-0.3, -0.25) is 4.68 Å². The van der Waals surface area contributed by atoms with Crippen LogP contribution in [0.2, 0.25) is 0 Å². The van der Waals surface area contributed by atoms with Gasteiger partial charge in [0.1, 0.15) is 5.82 Å². The molecular weight excluding hydrogens is 321 g/mol. The lowest BCUT2D eigenvalue weighted by atomic mass is 10.0. The molecule has 0 aliphatic rings. The summed E-state index contributed by atoms with van der Waals surface area (Å²) in [6, 6.07) is 6.96. The molecule has 0 amide bonds. The fourth-order valence-electron chi connectivity index (χ4n) is 2.25. The van der Waals surface area contributed by atoms with Gasteiger partial charge in [0, 0.05) is 22.8 Å². The van der Waals surface area contributed by atoms with Crippen LogP contribution in [-0.2, 0) is 6.54 Å². The van der Waals surface area contributed by atoms with Crippen LogP contribution in [0.15, 0.2) is 34.9 Å². The van der Waals surface area contributed by atoms with Gasteiger partial charge in [0.15, 0.2) is 0 Å². The molecule has 0 aliphatic heterocycles. The molecule has 0 radical (unpaired) electrons. The van der Waals surface area contributed by atoms with Crippen molar-refractivity contribution in [3.8, 4) is 0 Å². The van der Waals surface area contributed by atoms with Gasteiger partial charge in [0.25, 0.3) is 0 Å². The first kappa shape index (κ1) is 15.2. The SMILES string of the molecule is CCCNC(c1ccc(Br)cc1F)c1ccnn1CC. The normalized spacial score (nSPS) is 12.6. The van der Waals surface area contributed by atoms with E-state index in [1.165, 1.54) is 6.07 Å². The van der Waals surface area contributed by atoms with E-state index in [0.29, 0.717) is 5.56 Å². The zero-order chi connectivity index (χ0) is 14.5. The summed E-state index contributed by atoms with van der Waals surface area (Å²) in [7, 11) is 0. The van der Waals surface area contributed by atoms with E-state index >= 15 is 0 Å². The second-order valence-corrected chi connectivity index (χ2v) is 5.54. The number of benzene rings is 1. The highest BCUT2D eigenvalue weighted by molar-refractivity contribution is 9.10. The first-order valence-electron chi connectivity index (χ1n) is 6.87. The van der Waals surface area contributed by atoms with Crippen molar-refractivity contribution < 1.29 is 4.39 Å². The predicted molar refractivity (Wildman–Crippen MR) is 82.1 cm³/mol. The number of hydrogen-bond donors (Lipinski definition) is 1. The summed E-state index contributed by atoms with van der Waals surface area (Å²) in [5.41, 5.74) is 1.64. The van der Waals surface area contributed by atoms with Gasteiger partial charge in [-0.1, -0.05) is 28.9 Å². The lowest BCUT2D eigenvalue weighted by Gasteiger charge is -2.21. The van der Waals surface area contributed by atoms with Crippen LogP contribution in [0.3, 0.4) is 0 Å². The Balaban J connectivity index is 2.41. The third kappa shape index (κ3) is 3.27. The first-order valence-corrected chi connectivity index (χ1v) is 7.66. The summed E-state index contributed by atoms with van der Waals surface area (Å²) in [6.45, 7) is 5.73. The molecule has 1 atom stereocenters. The van der Waals surface area contributed by atoms with E-state index in [-0.39, 0.29) is 11.9 Å². The molecule has 2 aromatic rings. The molecule has 1 aromatic heterocycles. The molecule has 1 unspecified atom stereocenters. The second-order valence-electron chi connectivity index (χ2n) is 4.62. The lowest BCUT2D eigenvalue weighted by molar-refractivity contribution is 0.505. The van der Waals surface area contributed by atoms with Crippen molar-refractivity contribution in [1.82, 2.24) is 15.1 Å². The number of hydrogen-bond acceptors (Lipinski definition) is 2. The molecule has 0 saturated heterocycles. The molecule has 108 valence electrons. The molecule has 0 bridgehead atoms. The highest BCUT2D eigenvalue weighted by atomic mass is 79.9. The molecule has 5 heteroatoms. The number of aromatic nitrogens is 2. The summed E-state index contributed by atoms with van der Waals surface area (Å²) < 4.78 is 16.9. The molecule has 3 nitrogen and oxygen atoms in total. The van der Waals surface area contributed by atoms with E-state index < -0.39 is 0 Å². The Kier molecular flexibility index (Phi) is 5.31. The first-order chi connectivity index (χ1) is 9.67. The van der Waals surface area contributed by atoms with Crippen molar-refractivity contribution in [3.63, 3.8) is 0 Å². The van der Waals surface area contributed by atoms with Crippen molar-refractivity contribution in [1.29, 1.82) is 0 Å². The van der Waals surface area contributed by atoms with Gasteiger partial charge in [-0.2, -0.15) is 5.10 Å². The average Bonchev–Trinajstić information content (AvgIpc) is 2.89. The Labute approximate surface area is 127 Å². The van der Waals surface area contributed by atoms with Crippen molar-refractivity contribution in [2.24, 2.45) is 0 Å². The van der Waals surface area contributed by atoms with Crippen LogP contribution in [0.1, 0.15) is 37.6 Å². The minimum absolute atomic E-state index is 0.175. The fourth-order valence-corrected chi connectivity index (χ4v) is 2.58. The number of halogens is 2. The third-order valence-electron chi connectivity index (χ3n) is 3.22. The van der Waals surface area contributed by atoms with Crippen LogP contribution in [0, 0.1) is 5.82 Å². The third-order valence-corrected chi connectivity index (χ3v) is 3.71. The van der Waals surface area contributed by atoms with E-state index in [0.717, 1.165) is 29.7 Å². The summed E-state index contributed by atoms with van der Waals surface area (Å²) in [4.78, 5) is 0. The average molecular weight is 340 g/mol. The standard InChI is InChI=1S/C15H19BrFN3/c1-3-8-18-15(14-7-9-19-20(14)4-2)12-6-5-11(16)10-13(12)17/h5-7,9-10,15,18H,3-4,8H2,1-2H3. The molecule has 2 rings (SSSR count). The van der Waals surface area contributed by atoms with Crippen LogP contribution in [-0.4, -0.2) is 16.3 Å². The van der Waals surface area contributed by atoms with Crippen LogP contribution < -0.4 is 5.32 Å². The zero-order valence-electron chi connectivity index (χ0n) is 11.7. The Morgan fingerprint density at radius 1 is 1.35 bits per heavy atom. The van der Waals surface area contributed by atoms with Crippen LogP contribution >= 0.6 is 15.9 Å². The molecule has 1 aromatic carbocycles. The number of nitrogens with one attached hydrogen (secondary N) is 1. The van der Waals surface area contributed by atoms with E-state index in [1.54, 1.807) is 6.20 Å². The number of rotatable bonds is 6. The topological polar surface area (TPSA) is 29.9 Å². The smallest absolute Gasteiger partial charge is 0.129 e. The quantitative estimate of drug-likeness (QED) is 0.865. The van der Waals surface area contributed by atoms with Gasteiger partial charge in [-0.05, 0) is 38.1 Å². The van der Waals surface area contributed by atoms with E-state index in [2.05, 4.69) is 33.3 Å². The van der Waals surface area contributed by atoms with Gasteiger partial charge in [0.2, 0.25) is 0 Å². The molecule has 0 spiro atoms. The zero-order valence-corrected chi connectivity index (χ0v) is 13.3. The van der Waals surface area contributed by atoms with E-state index in [4.69, 9.17) is 0 Å². The maximum atomic E-state index is 14.3. The van der Waals surface area contributed by atoms with Crippen LogP contribution in [0.4, 0.5) is 4.39 Å². The minimum Gasteiger partial charge on any atom is -0.305 e. The van der Waals surface area contributed by atoms with Crippen LogP contribution in [0.5, 0.6) is 0 Å². The Bertz CT molecular complexity index is 568. The number of nitrogens with zero attached hydrogens (tertiary/aromatic N) is 2. The van der Waals surface area contributed by atoms with Crippen molar-refractivity contribution >= 4 is 15.9 Å². The molecule has 0 aliphatic carbocycles. The largest absolute Gasteiger partial charge is 0.305 e. The molecular formula is C15H19BrFN3. The minimum atomic E-state index is -0.211. The highest BCUT2D eigenvalue weighted by Gasteiger charge is 2.20. The summed E-state index contributed by atoms with van der Waals surface area (Å²) >= 11 is 3.30. The Hall–Kier alpha value is -1.20. The maximum Gasteiger partial charge on any atom is 0.129 e. The van der Waals surface area contributed by atoms with E-state index in [1.807, 2.05) is 29.8 Å².